The maximum atomic E-state index is 12.8. The smallest absolute Gasteiger partial charge is 0.376 e. The Bertz CT molecular complexity index is 1010. The highest BCUT2D eigenvalue weighted by Gasteiger charge is 2.44. The molecular formula is C15H10F3NO5S2. The Hall–Kier alpha value is -2.24. The normalized spacial score (nSPS) is 17.0. The number of ketones is 1. The highest BCUT2D eigenvalue weighted by molar-refractivity contribution is 7.90. The van der Waals surface area contributed by atoms with Gasteiger partial charge in [-0.3, -0.25) is 9.59 Å². The number of fused-ring (bicyclic) bond motifs is 2. The van der Waals surface area contributed by atoms with E-state index >= 15 is 0 Å². The van der Waals surface area contributed by atoms with Crippen molar-refractivity contribution in [2.45, 2.75) is 22.9 Å². The van der Waals surface area contributed by atoms with Gasteiger partial charge in [0, 0.05) is 0 Å². The van der Waals surface area contributed by atoms with Crippen LogP contribution in [0.2, 0.25) is 0 Å². The summed E-state index contributed by atoms with van der Waals surface area (Å²) in [6.45, 7) is 0. The average Bonchev–Trinajstić information content (AvgIpc) is 2.96. The van der Waals surface area contributed by atoms with Gasteiger partial charge < -0.3 is 10.4 Å². The van der Waals surface area contributed by atoms with Gasteiger partial charge in [0.05, 0.1) is 26.8 Å². The van der Waals surface area contributed by atoms with Crippen LogP contribution in [0, 0.1) is 0 Å². The Morgan fingerprint density at radius 1 is 1.27 bits per heavy atom. The quantitative estimate of drug-likeness (QED) is 0.797. The number of halogens is 3. The molecule has 26 heavy (non-hydrogen) atoms. The molecule has 1 unspecified atom stereocenters. The SMILES string of the molecule is O=C1c2sccc2CS(=O)(=O)c2cccc(NC(=O)C(O)C(F)(F)F)c21. The van der Waals surface area contributed by atoms with E-state index in [0.29, 0.717) is 0 Å². The number of rotatable bonds is 2. The van der Waals surface area contributed by atoms with Gasteiger partial charge >= 0.3 is 6.18 Å². The Morgan fingerprint density at radius 2 is 1.96 bits per heavy atom. The summed E-state index contributed by atoms with van der Waals surface area (Å²) >= 11 is 0.993. The molecule has 0 saturated heterocycles. The van der Waals surface area contributed by atoms with Gasteiger partial charge in [-0.1, -0.05) is 6.07 Å². The van der Waals surface area contributed by atoms with Gasteiger partial charge in [-0.2, -0.15) is 13.2 Å². The van der Waals surface area contributed by atoms with Crippen molar-refractivity contribution in [3.05, 3.63) is 45.6 Å². The molecule has 1 aliphatic rings. The third kappa shape index (κ3) is 3.13. The van der Waals surface area contributed by atoms with Crippen LogP contribution >= 0.6 is 11.3 Å². The number of sulfone groups is 1. The van der Waals surface area contributed by atoms with Crippen LogP contribution in [-0.4, -0.2) is 37.5 Å². The number of carbonyl (C=O) groups is 2. The molecule has 1 aromatic carbocycles. The van der Waals surface area contributed by atoms with E-state index in [1.54, 1.807) is 5.32 Å². The zero-order valence-electron chi connectivity index (χ0n) is 12.7. The molecule has 2 aromatic rings. The average molecular weight is 405 g/mol. The van der Waals surface area contributed by atoms with E-state index < -0.39 is 50.8 Å². The van der Waals surface area contributed by atoms with Crippen LogP contribution in [0.5, 0.6) is 0 Å². The van der Waals surface area contributed by atoms with Crippen molar-refractivity contribution >= 4 is 38.6 Å². The molecule has 1 atom stereocenters. The second-order valence-corrected chi connectivity index (χ2v) is 8.35. The maximum Gasteiger partial charge on any atom is 0.423 e. The van der Waals surface area contributed by atoms with E-state index in [2.05, 4.69) is 0 Å². The van der Waals surface area contributed by atoms with Crippen LogP contribution in [0.25, 0.3) is 0 Å². The molecule has 0 saturated carbocycles. The van der Waals surface area contributed by atoms with E-state index in [1.807, 2.05) is 0 Å². The molecule has 2 heterocycles. The lowest BCUT2D eigenvalue weighted by atomic mass is 10.0. The highest BCUT2D eigenvalue weighted by Crippen LogP contribution is 2.36. The first-order valence-electron chi connectivity index (χ1n) is 7.05. The molecule has 11 heteroatoms. The summed E-state index contributed by atoms with van der Waals surface area (Å²) in [4.78, 5) is 24.2. The summed E-state index contributed by atoms with van der Waals surface area (Å²) in [5.41, 5.74) is -0.550. The Balaban J connectivity index is 2.13. The fraction of sp³-hybridized carbons (Fsp3) is 0.200. The van der Waals surface area contributed by atoms with Crippen molar-refractivity contribution in [3.8, 4) is 0 Å². The molecule has 3 rings (SSSR count). The molecule has 0 spiro atoms. The molecule has 0 aliphatic carbocycles. The molecule has 6 nitrogen and oxygen atoms in total. The number of anilines is 1. The van der Waals surface area contributed by atoms with E-state index in [4.69, 9.17) is 5.11 Å². The molecule has 0 bridgehead atoms. The van der Waals surface area contributed by atoms with Gasteiger partial charge in [-0.05, 0) is 29.1 Å². The monoisotopic (exact) mass is 405 g/mol. The number of carbonyl (C=O) groups excluding carboxylic acids is 2. The minimum atomic E-state index is -5.20. The fourth-order valence-corrected chi connectivity index (χ4v) is 5.09. The zero-order valence-corrected chi connectivity index (χ0v) is 14.3. The van der Waals surface area contributed by atoms with Gasteiger partial charge in [0.2, 0.25) is 11.9 Å². The number of hydrogen-bond donors (Lipinski definition) is 2. The minimum absolute atomic E-state index is 0.130. The predicted octanol–water partition coefficient (Wildman–Crippen LogP) is 2.13. The Kier molecular flexibility index (Phi) is 4.41. The second kappa shape index (κ2) is 6.18. The Labute approximate surface area is 149 Å². The standard InChI is InChI=1S/C15H10F3NO5S2/c16-15(17,18)13(21)14(22)19-8-2-1-3-9-10(8)11(20)12-7(4-5-25-12)6-26(9,23)24/h1-5,13,21H,6H2,(H,19,22). The molecule has 2 N–H and O–H groups in total. The predicted molar refractivity (Wildman–Crippen MR) is 85.8 cm³/mol. The number of thiophene rings is 1. The number of aliphatic hydroxyl groups is 1. The first-order valence-corrected chi connectivity index (χ1v) is 9.58. The van der Waals surface area contributed by atoms with Crippen molar-refractivity contribution in [3.63, 3.8) is 0 Å². The summed E-state index contributed by atoms with van der Waals surface area (Å²) in [7, 11) is -3.95. The van der Waals surface area contributed by atoms with Crippen molar-refractivity contribution in [2.75, 3.05) is 5.32 Å². The van der Waals surface area contributed by atoms with Gasteiger partial charge in [0.25, 0.3) is 5.91 Å². The third-order valence-corrected chi connectivity index (χ3v) is 6.36. The number of nitrogens with one attached hydrogen (secondary N) is 1. The molecule has 1 aliphatic heterocycles. The zero-order chi connectivity index (χ0) is 19.3. The summed E-state index contributed by atoms with van der Waals surface area (Å²) in [5, 5.41) is 12.4. The van der Waals surface area contributed by atoms with E-state index in [9.17, 15) is 31.2 Å². The fourth-order valence-electron chi connectivity index (χ4n) is 2.52. The van der Waals surface area contributed by atoms with Crippen molar-refractivity contribution < 1.29 is 36.3 Å². The summed E-state index contributed by atoms with van der Waals surface area (Å²) < 4.78 is 62.6. The lowest BCUT2D eigenvalue weighted by Crippen LogP contribution is -2.40. The maximum absolute atomic E-state index is 12.8. The molecule has 1 aromatic heterocycles. The minimum Gasteiger partial charge on any atom is -0.376 e. The summed E-state index contributed by atoms with van der Waals surface area (Å²) in [6, 6.07) is 4.92. The van der Waals surface area contributed by atoms with Crippen molar-refractivity contribution in [2.24, 2.45) is 0 Å². The first-order chi connectivity index (χ1) is 12.0. The summed E-state index contributed by atoms with van der Waals surface area (Å²) in [5.74, 6) is -2.97. The molecule has 0 radical (unpaired) electrons. The topological polar surface area (TPSA) is 101 Å². The molecule has 1 amide bonds. The lowest BCUT2D eigenvalue weighted by Gasteiger charge is -2.16. The van der Waals surface area contributed by atoms with E-state index in [-0.39, 0.29) is 15.3 Å². The van der Waals surface area contributed by atoms with Crippen LogP contribution < -0.4 is 5.32 Å². The van der Waals surface area contributed by atoms with Crippen LogP contribution in [0.1, 0.15) is 20.8 Å². The first kappa shape index (κ1) is 18.5. The molecule has 0 fully saturated rings. The number of alkyl halides is 3. The number of aliphatic hydroxyl groups excluding tert-OH is 1. The summed E-state index contributed by atoms with van der Waals surface area (Å²) in [6.07, 6.45) is -8.51. The van der Waals surface area contributed by atoms with Gasteiger partial charge in [-0.15, -0.1) is 11.3 Å². The molecule has 138 valence electrons. The highest BCUT2D eigenvalue weighted by atomic mass is 32.2. The van der Waals surface area contributed by atoms with E-state index in [0.717, 1.165) is 23.5 Å². The van der Waals surface area contributed by atoms with Gasteiger partial charge in [0.15, 0.2) is 9.84 Å². The van der Waals surface area contributed by atoms with Crippen LogP contribution in [0.4, 0.5) is 18.9 Å². The van der Waals surface area contributed by atoms with Crippen LogP contribution in [0.15, 0.2) is 34.5 Å². The second-order valence-electron chi connectivity index (χ2n) is 5.48. The number of amides is 1. The third-order valence-electron chi connectivity index (χ3n) is 3.70. The van der Waals surface area contributed by atoms with Crippen molar-refractivity contribution in [1.82, 2.24) is 0 Å². The van der Waals surface area contributed by atoms with Crippen LogP contribution in [-0.2, 0) is 20.4 Å². The number of hydrogen-bond acceptors (Lipinski definition) is 6. The van der Waals surface area contributed by atoms with Crippen molar-refractivity contribution in [1.29, 1.82) is 0 Å². The lowest BCUT2D eigenvalue weighted by molar-refractivity contribution is -0.202. The van der Waals surface area contributed by atoms with E-state index in [1.165, 1.54) is 17.5 Å². The largest absolute Gasteiger partial charge is 0.423 e. The number of benzene rings is 1. The molecular weight excluding hydrogens is 395 g/mol. The van der Waals surface area contributed by atoms with Gasteiger partial charge in [0.1, 0.15) is 0 Å². The Morgan fingerprint density at radius 3 is 2.62 bits per heavy atom. The van der Waals surface area contributed by atoms with Gasteiger partial charge in [-0.25, -0.2) is 8.42 Å². The van der Waals surface area contributed by atoms with Crippen LogP contribution in [0.3, 0.4) is 0 Å².